The Morgan fingerprint density at radius 1 is 1.09 bits per heavy atom. The third-order valence-electron chi connectivity index (χ3n) is 7.05. The maximum Gasteiger partial charge on any atom is 0.435 e. The topological polar surface area (TPSA) is 123 Å². The number of carbonyl (C=O) groups excluding carboxylic acids is 2. The van der Waals surface area contributed by atoms with Gasteiger partial charge in [0.05, 0.1) is 29.1 Å². The number of fused-ring (bicyclic) bond motifs is 1. The van der Waals surface area contributed by atoms with E-state index in [1.54, 1.807) is 6.07 Å². The van der Waals surface area contributed by atoms with Crippen LogP contribution in [0, 0.1) is 17.5 Å². The van der Waals surface area contributed by atoms with E-state index in [1.165, 1.54) is 24.4 Å². The van der Waals surface area contributed by atoms with Crippen molar-refractivity contribution in [1.29, 1.82) is 0 Å². The SMILES string of the molecule is NC(=O)c1cc(-c2cccnc2[C@H](Cc2cc(F)cc(F)c2)NC(=O)Cn2nc(C(F)(F)F)c3c2C(O)CC3)ccc1F. The molecule has 0 bridgehead atoms. The van der Waals surface area contributed by atoms with E-state index in [1.807, 2.05) is 0 Å². The summed E-state index contributed by atoms with van der Waals surface area (Å²) < 4.78 is 83.8. The number of amides is 2. The van der Waals surface area contributed by atoms with E-state index < -0.39 is 65.4 Å². The molecule has 2 aromatic heterocycles. The van der Waals surface area contributed by atoms with Gasteiger partial charge in [0.15, 0.2) is 5.69 Å². The average molecular weight is 604 g/mol. The third-order valence-corrected chi connectivity index (χ3v) is 7.05. The number of pyridine rings is 1. The van der Waals surface area contributed by atoms with Crippen LogP contribution in [-0.4, -0.2) is 31.7 Å². The minimum Gasteiger partial charge on any atom is -0.387 e. The number of nitrogens with zero attached hydrogens (tertiary/aromatic N) is 3. The number of nitrogens with two attached hydrogens (primary N) is 1. The van der Waals surface area contributed by atoms with Crippen LogP contribution in [0.4, 0.5) is 26.3 Å². The predicted molar refractivity (Wildman–Crippen MR) is 140 cm³/mol. The Morgan fingerprint density at radius 3 is 2.49 bits per heavy atom. The number of aromatic nitrogens is 3. The number of aliphatic hydroxyl groups excluding tert-OH is 1. The number of carbonyl (C=O) groups is 2. The van der Waals surface area contributed by atoms with Crippen LogP contribution in [0.15, 0.2) is 54.7 Å². The van der Waals surface area contributed by atoms with Crippen molar-refractivity contribution in [3.05, 3.63) is 106 Å². The first-order chi connectivity index (χ1) is 20.3. The number of benzene rings is 2. The average Bonchev–Trinajstić information content (AvgIpc) is 3.48. The zero-order chi connectivity index (χ0) is 31.1. The van der Waals surface area contributed by atoms with Crippen molar-refractivity contribution in [2.45, 2.75) is 44.1 Å². The van der Waals surface area contributed by atoms with Crippen LogP contribution in [0.3, 0.4) is 0 Å². The van der Waals surface area contributed by atoms with E-state index in [4.69, 9.17) is 5.73 Å². The summed E-state index contributed by atoms with van der Waals surface area (Å²) in [5.41, 5.74) is 4.24. The van der Waals surface area contributed by atoms with Gasteiger partial charge in [0.25, 0.3) is 5.91 Å². The van der Waals surface area contributed by atoms with Crippen molar-refractivity contribution in [3.8, 4) is 11.1 Å². The molecule has 43 heavy (non-hydrogen) atoms. The summed E-state index contributed by atoms with van der Waals surface area (Å²) in [6.07, 6.45) is -4.94. The minimum absolute atomic E-state index is 0.0356. The van der Waals surface area contributed by atoms with Gasteiger partial charge in [0.2, 0.25) is 5.91 Å². The quantitative estimate of drug-likeness (QED) is 0.255. The van der Waals surface area contributed by atoms with Crippen LogP contribution >= 0.6 is 0 Å². The Morgan fingerprint density at radius 2 is 1.81 bits per heavy atom. The van der Waals surface area contributed by atoms with E-state index in [-0.39, 0.29) is 47.3 Å². The first-order valence-electron chi connectivity index (χ1n) is 13.0. The molecule has 0 aliphatic heterocycles. The molecule has 2 aromatic carbocycles. The molecular formula is C29H23F6N5O3. The maximum absolute atomic E-state index is 14.2. The Kier molecular flexibility index (Phi) is 7.97. The van der Waals surface area contributed by atoms with Crippen molar-refractivity contribution >= 4 is 11.8 Å². The number of aliphatic hydroxyl groups is 1. The molecular weight excluding hydrogens is 580 g/mol. The van der Waals surface area contributed by atoms with Gasteiger partial charge < -0.3 is 16.2 Å². The van der Waals surface area contributed by atoms with Gasteiger partial charge in [-0.05, 0) is 60.7 Å². The highest BCUT2D eigenvalue weighted by Crippen LogP contribution is 2.40. The summed E-state index contributed by atoms with van der Waals surface area (Å²) in [5.74, 6) is -4.50. The molecule has 0 saturated carbocycles. The number of rotatable bonds is 8. The molecule has 2 amide bonds. The molecule has 1 aliphatic carbocycles. The lowest BCUT2D eigenvalue weighted by Gasteiger charge is -2.22. The van der Waals surface area contributed by atoms with Crippen molar-refractivity contribution in [1.82, 2.24) is 20.1 Å². The van der Waals surface area contributed by atoms with Crippen LogP contribution in [0.1, 0.15) is 57.1 Å². The largest absolute Gasteiger partial charge is 0.435 e. The number of hydrogen-bond donors (Lipinski definition) is 3. The molecule has 0 spiro atoms. The molecule has 1 unspecified atom stereocenters. The van der Waals surface area contributed by atoms with E-state index in [0.29, 0.717) is 11.6 Å². The number of halogens is 6. The molecule has 2 atom stereocenters. The highest BCUT2D eigenvalue weighted by atomic mass is 19.4. The van der Waals surface area contributed by atoms with Crippen LogP contribution < -0.4 is 11.1 Å². The van der Waals surface area contributed by atoms with E-state index >= 15 is 0 Å². The normalized spacial score (nSPS) is 15.3. The van der Waals surface area contributed by atoms with E-state index in [9.17, 15) is 41.0 Å². The Balaban J connectivity index is 1.53. The van der Waals surface area contributed by atoms with Crippen LogP contribution in [-0.2, 0) is 30.4 Å². The standard InChI is InChI=1S/C29H23F6N5O3/c30-16-8-14(9-17(31)12-16)10-22(25-18(2-1-7-37-25)15-3-5-21(32)20(11-15)28(36)43)38-24(42)13-40-26-19(4-6-23(26)41)27(39-40)29(33,34)35/h1-3,5,7-9,11-12,22-23,41H,4,6,10,13H2,(H2,36,43)(H,38,42)/t22-,23?/m0/s1. The third kappa shape index (κ3) is 6.23. The molecule has 224 valence electrons. The Bertz CT molecular complexity index is 1700. The fraction of sp³-hybridized carbons (Fsp3) is 0.241. The lowest BCUT2D eigenvalue weighted by molar-refractivity contribution is -0.142. The summed E-state index contributed by atoms with van der Waals surface area (Å²) in [6, 6.07) is 8.25. The molecule has 2 heterocycles. The van der Waals surface area contributed by atoms with Crippen molar-refractivity contribution in [2.75, 3.05) is 0 Å². The van der Waals surface area contributed by atoms with Gasteiger partial charge in [0.1, 0.15) is 24.0 Å². The van der Waals surface area contributed by atoms with Gasteiger partial charge in [0, 0.05) is 23.4 Å². The molecule has 0 radical (unpaired) electrons. The second-order valence-corrected chi connectivity index (χ2v) is 10.0. The van der Waals surface area contributed by atoms with Gasteiger partial charge in [-0.1, -0.05) is 12.1 Å². The lowest BCUT2D eigenvalue weighted by atomic mass is 9.94. The summed E-state index contributed by atoms with van der Waals surface area (Å²) in [4.78, 5) is 29.4. The molecule has 4 aromatic rings. The lowest BCUT2D eigenvalue weighted by Crippen LogP contribution is -2.34. The van der Waals surface area contributed by atoms with E-state index in [2.05, 4.69) is 15.4 Å². The smallest absolute Gasteiger partial charge is 0.387 e. The monoisotopic (exact) mass is 603 g/mol. The highest BCUT2D eigenvalue weighted by molar-refractivity contribution is 5.94. The second-order valence-electron chi connectivity index (χ2n) is 10.0. The number of alkyl halides is 3. The molecule has 8 nitrogen and oxygen atoms in total. The van der Waals surface area contributed by atoms with Gasteiger partial charge >= 0.3 is 6.18 Å². The van der Waals surface area contributed by atoms with Gasteiger partial charge in [-0.15, -0.1) is 0 Å². The van der Waals surface area contributed by atoms with Crippen LogP contribution in [0.2, 0.25) is 0 Å². The van der Waals surface area contributed by atoms with Gasteiger partial charge in [-0.3, -0.25) is 19.3 Å². The molecule has 0 fully saturated rings. The van der Waals surface area contributed by atoms with Crippen LogP contribution in [0.5, 0.6) is 0 Å². The number of hydrogen-bond acceptors (Lipinski definition) is 5. The molecule has 1 aliphatic rings. The van der Waals surface area contributed by atoms with E-state index in [0.717, 1.165) is 22.9 Å². The fourth-order valence-corrected chi connectivity index (χ4v) is 5.28. The first kappa shape index (κ1) is 29.8. The van der Waals surface area contributed by atoms with Crippen LogP contribution in [0.25, 0.3) is 11.1 Å². The highest BCUT2D eigenvalue weighted by Gasteiger charge is 2.42. The van der Waals surface area contributed by atoms with Crippen molar-refractivity contribution in [3.63, 3.8) is 0 Å². The summed E-state index contributed by atoms with van der Waals surface area (Å²) in [7, 11) is 0. The Hall–Kier alpha value is -4.72. The van der Waals surface area contributed by atoms with Crippen molar-refractivity contribution in [2.24, 2.45) is 5.73 Å². The summed E-state index contributed by atoms with van der Waals surface area (Å²) >= 11 is 0. The number of primary amides is 1. The van der Waals surface area contributed by atoms with Gasteiger partial charge in [-0.2, -0.15) is 18.3 Å². The Labute approximate surface area is 240 Å². The summed E-state index contributed by atoms with van der Waals surface area (Å²) in [5, 5.41) is 16.5. The summed E-state index contributed by atoms with van der Waals surface area (Å²) in [6.45, 7) is -0.714. The number of nitrogens with one attached hydrogen (secondary N) is 1. The molecule has 5 rings (SSSR count). The zero-order valence-electron chi connectivity index (χ0n) is 22.1. The molecule has 4 N–H and O–H groups in total. The minimum atomic E-state index is -4.80. The molecule has 14 heteroatoms. The second kappa shape index (κ2) is 11.5. The van der Waals surface area contributed by atoms with Crippen molar-refractivity contribution < 1.29 is 41.0 Å². The van der Waals surface area contributed by atoms with Gasteiger partial charge in [-0.25, -0.2) is 13.2 Å². The first-order valence-corrected chi connectivity index (χ1v) is 13.0. The predicted octanol–water partition coefficient (Wildman–Crippen LogP) is 4.56. The molecule has 0 saturated heterocycles. The fourth-order valence-electron chi connectivity index (χ4n) is 5.28. The zero-order valence-corrected chi connectivity index (χ0v) is 22.1. The maximum atomic E-state index is 14.2.